The lowest BCUT2D eigenvalue weighted by Gasteiger charge is -2.29. The van der Waals surface area contributed by atoms with E-state index in [1.165, 1.54) is 5.56 Å². The second-order valence-corrected chi connectivity index (χ2v) is 7.56. The third kappa shape index (κ3) is 4.14. The highest BCUT2D eigenvalue weighted by molar-refractivity contribution is 6.05. The molecule has 1 saturated heterocycles. The smallest absolute Gasteiger partial charge is 0.255 e. The predicted molar refractivity (Wildman–Crippen MR) is 109 cm³/mol. The van der Waals surface area contributed by atoms with Gasteiger partial charge < -0.3 is 16.0 Å². The molecule has 7 nitrogen and oxygen atoms in total. The molecule has 4 N–H and O–H groups in total. The van der Waals surface area contributed by atoms with Crippen LogP contribution in [0.2, 0.25) is 0 Å². The molecule has 1 unspecified atom stereocenters. The van der Waals surface area contributed by atoms with E-state index >= 15 is 0 Å². The second kappa shape index (κ2) is 8.05. The van der Waals surface area contributed by atoms with E-state index in [2.05, 4.69) is 16.7 Å². The molecule has 2 aliphatic heterocycles. The van der Waals surface area contributed by atoms with Crippen LogP contribution in [0.25, 0.3) is 0 Å². The monoisotopic (exact) mass is 392 g/mol. The summed E-state index contributed by atoms with van der Waals surface area (Å²) in [5, 5.41) is 5.74. The van der Waals surface area contributed by atoms with Crippen LogP contribution in [0, 0.1) is 0 Å². The highest BCUT2D eigenvalue weighted by Crippen LogP contribution is 2.28. The first-order valence-corrected chi connectivity index (χ1v) is 9.83. The fourth-order valence-corrected chi connectivity index (χ4v) is 3.95. The number of nitrogens with zero attached hydrogens (tertiary/aromatic N) is 1. The number of fused-ring (bicyclic) bond motifs is 1. The van der Waals surface area contributed by atoms with Crippen LogP contribution in [-0.2, 0) is 29.1 Å². The maximum Gasteiger partial charge on any atom is 0.255 e. The van der Waals surface area contributed by atoms with E-state index in [0.717, 1.165) is 29.8 Å². The van der Waals surface area contributed by atoms with Crippen LogP contribution < -0.4 is 16.4 Å². The number of piperidine rings is 1. The van der Waals surface area contributed by atoms with Crippen molar-refractivity contribution in [2.24, 2.45) is 0 Å². The van der Waals surface area contributed by atoms with Crippen LogP contribution in [0.1, 0.15) is 39.9 Å². The zero-order valence-electron chi connectivity index (χ0n) is 16.1. The molecule has 7 heteroatoms. The SMILES string of the molecule is Nc1cccc(CCNCc2ccc3c(c2)CN(C2CCC(=O)NC2=O)C3=O)c1. The van der Waals surface area contributed by atoms with Gasteiger partial charge in [0.25, 0.3) is 5.91 Å². The summed E-state index contributed by atoms with van der Waals surface area (Å²) in [5.74, 6) is -0.802. The first-order valence-electron chi connectivity index (χ1n) is 9.83. The van der Waals surface area contributed by atoms with Gasteiger partial charge in [0.15, 0.2) is 0 Å². The molecule has 0 bridgehead atoms. The third-order valence-electron chi connectivity index (χ3n) is 5.46. The van der Waals surface area contributed by atoms with Crippen molar-refractivity contribution in [3.05, 3.63) is 64.7 Å². The van der Waals surface area contributed by atoms with Gasteiger partial charge in [0.05, 0.1) is 0 Å². The zero-order valence-corrected chi connectivity index (χ0v) is 16.1. The lowest BCUT2D eigenvalue weighted by atomic mass is 10.0. The molecule has 4 rings (SSSR count). The summed E-state index contributed by atoms with van der Waals surface area (Å²) in [4.78, 5) is 37.8. The number of carbonyl (C=O) groups is 3. The topological polar surface area (TPSA) is 105 Å². The number of carbonyl (C=O) groups excluding carboxylic acids is 3. The van der Waals surface area contributed by atoms with Crippen molar-refractivity contribution in [1.82, 2.24) is 15.5 Å². The van der Waals surface area contributed by atoms with Crippen LogP contribution in [0.5, 0.6) is 0 Å². The van der Waals surface area contributed by atoms with Crippen LogP contribution in [0.4, 0.5) is 5.69 Å². The number of nitrogen functional groups attached to an aromatic ring is 1. The minimum absolute atomic E-state index is 0.143. The number of amides is 3. The van der Waals surface area contributed by atoms with Gasteiger partial charge in [0.1, 0.15) is 6.04 Å². The first kappa shape index (κ1) is 19.1. The van der Waals surface area contributed by atoms with E-state index in [1.54, 1.807) is 4.90 Å². The van der Waals surface area contributed by atoms with Gasteiger partial charge >= 0.3 is 0 Å². The molecular weight excluding hydrogens is 368 g/mol. The molecule has 2 aliphatic rings. The third-order valence-corrected chi connectivity index (χ3v) is 5.46. The van der Waals surface area contributed by atoms with Gasteiger partial charge in [-0.2, -0.15) is 0 Å². The molecule has 29 heavy (non-hydrogen) atoms. The molecule has 2 heterocycles. The quantitative estimate of drug-likeness (QED) is 0.391. The van der Waals surface area contributed by atoms with Gasteiger partial charge in [-0.3, -0.25) is 19.7 Å². The summed E-state index contributed by atoms with van der Waals surface area (Å²) in [6.45, 7) is 1.92. The summed E-state index contributed by atoms with van der Waals surface area (Å²) in [6.07, 6.45) is 1.53. The Morgan fingerprint density at radius 2 is 1.97 bits per heavy atom. The van der Waals surface area contributed by atoms with Crippen molar-refractivity contribution in [1.29, 1.82) is 0 Å². The standard InChI is InChI=1S/C22H24N4O3/c23-17-3-1-2-14(11-17)8-9-24-12-15-4-5-18-16(10-15)13-26(22(18)29)19-6-7-20(27)25-21(19)28/h1-5,10-11,19,24H,6-9,12-13,23H2,(H,25,27,28). The number of hydrogen-bond acceptors (Lipinski definition) is 5. The molecule has 150 valence electrons. The Morgan fingerprint density at radius 1 is 1.10 bits per heavy atom. The fourth-order valence-electron chi connectivity index (χ4n) is 3.95. The molecule has 0 spiro atoms. The number of nitrogens with two attached hydrogens (primary N) is 1. The van der Waals surface area contributed by atoms with E-state index in [9.17, 15) is 14.4 Å². The fraction of sp³-hybridized carbons (Fsp3) is 0.318. The number of nitrogens with one attached hydrogen (secondary N) is 2. The Bertz CT molecular complexity index is 972. The average molecular weight is 392 g/mol. The van der Waals surface area contributed by atoms with Crippen LogP contribution in [0.15, 0.2) is 42.5 Å². The van der Waals surface area contributed by atoms with E-state index in [1.807, 2.05) is 36.4 Å². The zero-order chi connectivity index (χ0) is 20.4. The maximum atomic E-state index is 12.7. The minimum atomic E-state index is -0.576. The summed E-state index contributed by atoms with van der Waals surface area (Å²) in [7, 11) is 0. The molecule has 3 amide bonds. The Balaban J connectivity index is 1.35. The van der Waals surface area contributed by atoms with E-state index in [-0.39, 0.29) is 24.1 Å². The van der Waals surface area contributed by atoms with Crippen molar-refractivity contribution in [2.75, 3.05) is 12.3 Å². The molecule has 1 fully saturated rings. The van der Waals surface area contributed by atoms with Gasteiger partial charge in [0.2, 0.25) is 11.8 Å². The van der Waals surface area contributed by atoms with Crippen molar-refractivity contribution < 1.29 is 14.4 Å². The van der Waals surface area contributed by atoms with Gasteiger partial charge in [-0.1, -0.05) is 24.3 Å². The Morgan fingerprint density at radius 3 is 2.76 bits per heavy atom. The van der Waals surface area contributed by atoms with E-state index in [4.69, 9.17) is 5.73 Å². The maximum absolute atomic E-state index is 12.7. The van der Waals surface area contributed by atoms with E-state index < -0.39 is 6.04 Å². The van der Waals surface area contributed by atoms with Gasteiger partial charge in [-0.05, 0) is 54.3 Å². The predicted octanol–water partition coefficient (Wildman–Crippen LogP) is 1.36. The molecule has 0 aromatic heterocycles. The van der Waals surface area contributed by atoms with E-state index in [0.29, 0.717) is 25.1 Å². The number of anilines is 1. The number of rotatable bonds is 6. The normalized spacial score (nSPS) is 18.7. The first-order chi connectivity index (χ1) is 14.0. The molecule has 0 saturated carbocycles. The number of benzene rings is 2. The van der Waals surface area contributed by atoms with Gasteiger partial charge in [-0.25, -0.2) is 0 Å². The molecule has 0 aliphatic carbocycles. The van der Waals surface area contributed by atoms with Gasteiger partial charge in [0, 0.05) is 30.8 Å². The molecular formula is C22H24N4O3. The minimum Gasteiger partial charge on any atom is -0.399 e. The number of hydrogen-bond donors (Lipinski definition) is 3. The average Bonchev–Trinajstić information content (AvgIpc) is 3.01. The summed E-state index contributed by atoms with van der Waals surface area (Å²) in [5.41, 5.74) is 10.4. The highest BCUT2D eigenvalue weighted by Gasteiger charge is 2.38. The molecule has 2 aromatic rings. The summed E-state index contributed by atoms with van der Waals surface area (Å²) < 4.78 is 0. The largest absolute Gasteiger partial charge is 0.399 e. The van der Waals surface area contributed by atoms with Crippen molar-refractivity contribution >= 4 is 23.4 Å². The van der Waals surface area contributed by atoms with Crippen LogP contribution in [-0.4, -0.2) is 35.2 Å². The summed E-state index contributed by atoms with van der Waals surface area (Å²) >= 11 is 0. The van der Waals surface area contributed by atoms with Crippen molar-refractivity contribution in [3.8, 4) is 0 Å². The Labute approximate surface area is 169 Å². The van der Waals surface area contributed by atoms with Crippen LogP contribution in [0.3, 0.4) is 0 Å². The Hall–Kier alpha value is -3.19. The Kier molecular flexibility index (Phi) is 5.31. The number of imide groups is 1. The van der Waals surface area contributed by atoms with Crippen molar-refractivity contribution in [3.63, 3.8) is 0 Å². The van der Waals surface area contributed by atoms with Crippen molar-refractivity contribution in [2.45, 2.75) is 38.4 Å². The molecule has 0 radical (unpaired) electrons. The second-order valence-electron chi connectivity index (χ2n) is 7.56. The lowest BCUT2D eigenvalue weighted by Crippen LogP contribution is -2.52. The molecule has 2 aromatic carbocycles. The molecule has 1 atom stereocenters. The lowest BCUT2D eigenvalue weighted by molar-refractivity contribution is -0.136. The van der Waals surface area contributed by atoms with Gasteiger partial charge in [-0.15, -0.1) is 0 Å². The van der Waals surface area contributed by atoms with Crippen LogP contribution >= 0.6 is 0 Å². The highest BCUT2D eigenvalue weighted by atomic mass is 16.2. The summed E-state index contributed by atoms with van der Waals surface area (Å²) in [6, 6.07) is 13.1.